The molecule has 0 aliphatic heterocycles. The van der Waals surface area contributed by atoms with Gasteiger partial charge in [-0.2, -0.15) is 0 Å². The van der Waals surface area contributed by atoms with E-state index in [9.17, 15) is 15.0 Å². The van der Waals surface area contributed by atoms with E-state index >= 15 is 0 Å². The second-order valence-electron chi connectivity index (χ2n) is 4.58. The molecule has 0 aliphatic rings. The Bertz CT molecular complexity index is 798. The Hall–Kier alpha value is -1.81. The van der Waals surface area contributed by atoms with Crippen LogP contribution in [0.5, 0.6) is 5.75 Å². The maximum absolute atomic E-state index is 10.9. The average molecular weight is 286 g/mol. The van der Waals surface area contributed by atoms with Crippen LogP contribution in [-0.2, 0) is 0 Å². The molecule has 0 aromatic heterocycles. The SMILES string of the molecule is O=C([O-])c1cc2cc(-c3ccccc3)ccc2cc1O.[Na+]. The summed E-state index contributed by atoms with van der Waals surface area (Å²) in [5.41, 5.74) is 1.85. The van der Waals surface area contributed by atoms with Crippen LogP contribution >= 0.6 is 0 Å². The standard InChI is InChI=1S/C17H12O3.Na/c18-16-10-13-7-6-12(11-4-2-1-3-5-11)8-14(13)9-15(16)17(19)20;/h1-10,18H,(H,19,20);/q;+1/p-1. The van der Waals surface area contributed by atoms with E-state index in [4.69, 9.17) is 0 Å². The molecule has 0 saturated carbocycles. The van der Waals surface area contributed by atoms with E-state index in [1.807, 2.05) is 48.5 Å². The van der Waals surface area contributed by atoms with E-state index in [0.29, 0.717) is 0 Å². The number of fused-ring (bicyclic) bond motifs is 1. The minimum Gasteiger partial charge on any atom is -0.545 e. The average Bonchev–Trinajstić information content (AvgIpc) is 2.47. The molecule has 0 radical (unpaired) electrons. The first-order chi connectivity index (χ1) is 9.65. The van der Waals surface area contributed by atoms with Crippen molar-refractivity contribution < 1.29 is 44.6 Å². The maximum atomic E-state index is 10.9. The number of carbonyl (C=O) groups excluding carboxylic acids is 1. The van der Waals surface area contributed by atoms with E-state index in [1.54, 1.807) is 0 Å². The maximum Gasteiger partial charge on any atom is 1.00 e. The Labute approximate surface area is 144 Å². The topological polar surface area (TPSA) is 60.4 Å². The number of benzene rings is 3. The Morgan fingerprint density at radius 1 is 0.857 bits per heavy atom. The van der Waals surface area contributed by atoms with Gasteiger partial charge in [-0.05, 0) is 40.1 Å². The molecule has 3 aromatic carbocycles. The van der Waals surface area contributed by atoms with Crippen molar-refractivity contribution in [3.05, 3.63) is 66.2 Å². The molecule has 4 heteroatoms. The van der Waals surface area contributed by atoms with Gasteiger partial charge in [-0.25, -0.2) is 0 Å². The number of carbonyl (C=O) groups is 1. The van der Waals surface area contributed by atoms with Gasteiger partial charge in [0.1, 0.15) is 5.75 Å². The van der Waals surface area contributed by atoms with Crippen LogP contribution in [0.4, 0.5) is 0 Å². The van der Waals surface area contributed by atoms with Crippen molar-refractivity contribution in [1.82, 2.24) is 0 Å². The first-order valence-corrected chi connectivity index (χ1v) is 6.19. The molecule has 0 unspecified atom stereocenters. The van der Waals surface area contributed by atoms with Crippen molar-refractivity contribution in [3.8, 4) is 16.9 Å². The summed E-state index contributed by atoms with van der Waals surface area (Å²) in [5.74, 6) is -1.65. The van der Waals surface area contributed by atoms with Crippen LogP contribution in [0.25, 0.3) is 21.9 Å². The van der Waals surface area contributed by atoms with Gasteiger partial charge in [0, 0.05) is 5.56 Å². The fourth-order valence-electron chi connectivity index (χ4n) is 2.26. The van der Waals surface area contributed by atoms with Crippen LogP contribution in [0.3, 0.4) is 0 Å². The third-order valence-corrected chi connectivity index (χ3v) is 3.28. The second kappa shape index (κ2) is 6.31. The number of hydrogen-bond donors (Lipinski definition) is 1. The quantitative estimate of drug-likeness (QED) is 0.651. The minimum absolute atomic E-state index is 0. The molecule has 0 bridgehead atoms. The van der Waals surface area contributed by atoms with Crippen molar-refractivity contribution >= 4 is 16.7 Å². The van der Waals surface area contributed by atoms with Crippen LogP contribution in [-0.4, -0.2) is 11.1 Å². The Morgan fingerprint density at radius 2 is 1.57 bits per heavy atom. The minimum atomic E-state index is -1.38. The molecule has 0 atom stereocenters. The van der Waals surface area contributed by atoms with Gasteiger partial charge in [-0.1, -0.05) is 42.5 Å². The van der Waals surface area contributed by atoms with Crippen molar-refractivity contribution in [2.75, 3.05) is 0 Å². The summed E-state index contributed by atoms with van der Waals surface area (Å²) in [5, 5.41) is 22.1. The second-order valence-corrected chi connectivity index (χ2v) is 4.58. The van der Waals surface area contributed by atoms with Gasteiger partial charge in [0.15, 0.2) is 0 Å². The van der Waals surface area contributed by atoms with Crippen LogP contribution in [0.2, 0.25) is 0 Å². The van der Waals surface area contributed by atoms with Crippen LogP contribution in [0.1, 0.15) is 10.4 Å². The molecule has 98 valence electrons. The van der Waals surface area contributed by atoms with E-state index in [-0.39, 0.29) is 40.9 Å². The summed E-state index contributed by atoms with van der Waals surface area (Å²) < 4.78 is 0. The third kappa shape index (κ3) is 3.10. The molecular formula is C17H11NaO3. The molecule has 0 heterocycles. The Balaban J connectivity index is 0.00000161. The van der Waals surface area contributed by atoms with Gasteiger partial charge < -0.3 is 15.0 Å². The zero-order valence-corrected chi connectivity index (χ0v) is 13.5. The summed E-state index contributed by atoms with van der Waals surface area (Å²) in [6.45, 7) is 0. The third-order valence-electron chi connectivity index (χ3n) is 3.28. The fraction of sp³-hybridized carbons (Fsp3) is 0. The molecule has 3 rings (SSSR count). The number of carboxylic acid groups (broad SMARTS) is 1. The van der Waals surface area contributed by atoms with Crippen molar-refractivity contribution in [2.45, 2.75) is 0 Å². The molecule has 3 aromatic rings. The van der Waals surface area contributed by atoms with Gasteiger partial charge in [0.2, 0.25) is 0 Å². The molecule has 0 saturated heterocycles. The zero-order chi connectivity index (χ0) is 14.1. The van der Waals surface area contributed by atoms with E-state index < -0.39 is 5.97 Å². The van der Waals surface area contributed by atoms with Gasteiger partial charge >= 0.3 is 29.6 Å². The number of rotatable bonds is 2. The van der Waals surface area contributed by atoms with E-state index in [0.717, 1.165) is 21.9 Å². The number of carboxylic acids is 1. The van der Waals surface area contributed by atoms with Crippen LogP contribution < -0.4 is 34.7 Å². The van der Waals surface area contributed by atoms with E-state index in [1.165, 1.54) is 12.1 Å². The normalized spacial score (nSPS) is 10.1. The molecule has 0 spiro atoms. The van der Waals surface area contributed by atoms with Crippen molar-refractivity contribution in [2.24, 2.45) is 0 Å². The summed E-state index contributed by atoms with van der Waals surface area (Å²) in [4.78, 5) is 10.9. The molecule has 0 fully saturated rings. The predicted octanol–water partition coefficient (Wildman–Crippen LogP) is -0.420. The van der Waals surface area contributed by atoms with Crippen LogP contribution in [0.15, 0.2) is 60.7 Å². The zero-order valence-electron chi connectivity index (χ0n) is 11.5. The fourth-order valence-corrected chi connectivity index (χ4v) is 2.26. The molecule has 0 amide bonds. The molecule has 3 nitrogen and oxygen atoms in total. The first kappa shape index (κ1) is 15.6. The predicted molar refractivity (Wildman–Crippen MR) is 75.4 cm³/mol. The van der Waals surface area contributed by atoms with Crippen molar-refractivity contribution in [1.29, 1.82) is 0 Å². The number of hydrogen-bond acceptors (Lipinski definition) is 3. The van der Waals surface area contributed by atoms with Crippen LogP contribution in [0, 0.1) is 0 Å². The summed E-state index contributed by atoms with van der Waals surface area (Å²) in [6.07, 6.45) is 0. The summed E-state index contributed by atoms with van der Waals surface area (Å²) in [7, 11) is 0. The van der Waals surface area contributed by atoms with Gasteiger partial charge in [-0.15, -0.1) is 0 Å². The number of aromatic hydroxyl groups is 1. The number of phenols is 1. The molecule has 0 aliphatic carbocycles. The Morgan fingerprint density at radius 3 is 2.24 bits per heavy atom. The monoisotopic (exact) mass is 286 g/mol. The van der Waals surface area contributed by atoms with Gasteiger partial charge in [-0.3, -0.25) is 0 Å². The smallest absolute Gasteiger partial charge is 0.545 e. The molecule has 21 heavy (non-hydrogen) atoms. The first-order valence-electron chi connectivity index (χ1n) is 6.19. The van der Waals surface area contributed by atoms with Gasteiger partial charge in [0.05, 0.1) is 5.97 Å². The van der Waals surface area contributed by atoms with E-state index in [2.05, 4.69) is 0 Å². The summed E-state index contributed by atoms with van der Waals surface area (Å²) in [6, 6.07) is 18.4. The molecular weight excluding hydrogens is 275 g/mol. The Kier molecular flexibility index (Phi) is 4.68. The largest absolute Gasteiger partial charge is 1.00 e. The summed E-state index contributed by atoms with van der Waals surface area (Å²) >= 11 is 0. The molecule has 1 N–H and O–H groups in total. The number of aromatic carboxylic acids is 1. The van der Waals surface area contributed by atoms with Crippen molar-refractivity contribution in [3.63, 3.8) is 0 Å². The van der Waals surface area contributed by atoms with Gasteiger partial charge in [0.25, 0.3) is 0 Å².